The van der Waals surface area contributed by atoms with Gasteiger partial charge >= 0.3 is 5.97 Å². The number of nitrogens with one attached hydrogen (secondary N) is 2. The molecule has 0 unspecified atom stereocenters. The molecule has 1 aliphatic rings. The summed E-state index contributed by atoms with van der Waals surface area (Å²) in [6.45, 7) is 5.71. The molecule has 33 heavy (non-hydrogen) atoms. The van der Waals surface area contributed by atoms with Crippen molar-refractivity contribution in [1.29, 1.82) is 0 Å². The summed E-state index contributed by atoms with van der Waals surface area (Å²) in [5, 5.41) is 27.8. The Bertz CT molecular complexity index is 954. The molecule has 0 spiro atoms. The summed E-state index contributed by atoms with van der Waals surface area (Å²) in [4.78, 5) is 11.1. The van der Waals surface area contributed by atoms with Crippen LogP contribution < -0.4 is 15.4 Å². The fourth-order valence-electron chi connectivity index (χ4n) is 4.25. The average molecular weight is 479 g/mol. The summed E-state index contributed by atoms with van der Waals surface area (Å²) >= 11 is 6.04. The van der Waals surface area contributed by atoms with Crippen molar-refractivity contribution >= 4 is 17.6 Å². The third-order valence-corrected chi connectivity index (χ3v) is 6.56. The number of carboxylic acid groups (broad SMARTS) is 1. The SMILES string of the molecule is C[C@H]1CNCC[C@@]1(Cc1ccc(Cl)cc1)NC[C@](C)(O)COc1cc(F)ccc1CC(=O)O. The number of piperidine rings is 1. The van der Waals surface area contributed by atoms with Crippen molar-refractivity contribution in [1.82, 2.24) is 10.6 Å². The number of benzene rings is 2. The Hall–Kier alpha value is -2.19. The van der Waals surface area contributed by atoms with Crippen LogP contribution >= 0.6 is 11.6 Å². The number of aliphatic carboxylic acids is 1. The monoisotopic (exact) mass is 478 g/mol. The van der Waals surface area contributed by atoms with Crippen molar-refractivity contribution in [2.24, 2.45) is 5.92 Å². The lowest BCUT2D eigenvalue weighted by atomic mass is 9.75. The number of halogens is 2. The van der Waals surface area contributed by atoms with E-state index >= 15 is 0 Å². The lowest BCUT2D eigenvalue weighted by Crippen LogP contribution is -2.62. The lowest BCUT2D eigenvalue weighted by Gasteiger charge is -2.45. The first-order chi connectivity index (χ1) is 15.6. The van der Waals surface area contributed by atoms with E-state index in [1.165, 1.54) is 12.1 Å². The van der Waals surface area contributed by atoms with Crippen LogP contribution in [0.2, 0.25) is 5.02 Å². The quantitative estimate of drug-likeness (QED) is 0.418. The van der Waals surface area contributed by atoms with Gasteiger partial charge in [-0.1, -0.05) is 36.7 Å². The number of hydrogen-bond acceptors (Lipinski definition) is 5. The molecule has 1 saturated heterocycles. The van der Waals surface area contributed by atoms with Crippen molar-refractivity contribution in [2.45, 2.75) is 44.2 Å². The second-order valence-corrected chi connectivity index (χ2v) is 9.71. The van der Waals surface area contributed by atoms with E-state index in [9.17, 15) is 14.3 Å². The van der Waals surface area contributed by atoms with Gasteiger partial charge in [0.1, 0.15) is 23.8 Å². The Morgan fingerprint density at radius 2 is 2.06 bits per heavy atom. The van der Waals surface area contributed by atoms with Gasteiger partial charge in [0.05, 0.1) is 6.42 Å². The van der Waals surface area contributed by atoms with Gasteiger partial charge in [-0.05, 0) is 62.5 Å². The maximum atomic E-state index is 13.7. The van der Waals surface area contributed by atoms with E-state index in [4.69, 9.17) is 21.4 Å². The molecule has 0 saturated carbocycles. The van der Waals surface area contributed by atoms with E-state index in [1.54, 1.807) is 6.92 Å². The number of rotatable bonds is 10. The van der Waals surface area contributed by atoms with Gasteiger partial charge in [0, 0.05) is 28.7 Å². The molecule has 1 fully saturated rings. The number of carbonyl (C=O) groups is 1. The minimum absolute atomic E-state index is 0.111. The molecule has 6 nitrogen and oxygen atoms in total. The topological polar surface area (TPSA) is 90.8 Å². The minimum Gasteiger partial charge on any atom is -0.490 e. The van der Waals surface area contributed by atoms with Gasteiger partial charge in [0.15, 0.2) is 0 Å². The van der Waals surface area contributed by atoms with Crippen molar-refractivity contribution < 1.29 is 24.1 Å². The average Bonchev–Trinajstić information content (AvgIpc) is 2.76. The van der Waals surface area contributed by atoms with E-state index in [0.717, 1.165) is 37.6 Å². The smallest absolute Gasteiger partial charge is 0.307 e. The predicted molar refractivity (Wildman–Crippen MR) is 126 cm³/mol. The summed E-state index contributed by atoms with van der Waals surface area (Å²) in [6.07, 6.45) is 1.39. The van der Waals surface area contributed by atoms with Gasteiger partial charge in [-0.25, -0.2) is 4.39 Å². The highest BCUT2D eigenvalue weighted by Gasteiger charge is 2.39. The van der Waals surface area contributed by atoms with Gasteiger partial charge < -0.3 is 25.6 Å². The van der Waals surface area contributed by atoms with E-state index in [1.807, 2.05) is 24.3 Å². The van der Waals surface area contributed by atoms with Crippen LogP contribution in [0.1, 0.15) is 31.4 Å². The molecule has 4 N–H and O–H groups in total. The number of aliphatic hydroxyl groups is 1. The number of carboxylic acids is 1. The standard InChI is InChI=1S/C25H32ClFN2O4/c1-17-14-28-10-9-25(17,13-18-3-6-20(26)7-4-18)29-15-24(2,32)16-33-22-12-21(27)8-5-19(22)11-23(30)31/h3-8,12,17,28-29,32H,9-11,13-16H2,1-2H3,(H,30,31)/t17-,24-,25-/m0/s1. The molecular weight excluding hydrogens is 447 g/mol. The molecule has 1 aliphatic heterocycles. The maximum Gasteiger partial charge on any atom is 0.307 e. The molecule has 1 heterocycles. The molecule has 0 bridgehead atoms. The predicted octanol–water partition coefficient (Wildman–Crippen LogP) is 3.44. The summed E-state index contributed by atoms with van der Waals surface area (Å²) < 4.78 is 19.4. The van der Waals surface area contributed by atoms with Crippen molar-refractivity contribution in [3.63, 3.8) is 0 Å². The normalized spacial score (nSPS) is 22.5. The second-order valence-electron chi connectivity index (χ2n) is 9.28. The van der Waals surface area contributed by atoms with Gasteiger partial charge in [-0.3, -0.25) is 4.79 Å². The summed E-state index contributed by atoms with van der Waals surface area (Å²) in [7, 11) is 0. The van der Waals surface area contributed by atoms with Crippen LogP contribution in [0.5, 0.6) is 5.75 Å². The number of ether oxygens (including phenoxy) is 1. The summed E-state index contributed by atoms with van der Waals surface area (Å²) in [5.41, 5.74) is 0.0364. The summed E-state index contributed by atoms with van der Waals surface area (Å²) in [5.74, 6) is -1.13. The first-order valence-corrected chi connectivity index (χ1v) is 11.5. The fourth-order valence-corrected chi connectivity index (χ4v) is 4.37. The Balaban J connectivity index is 1.69. The van der Waals surface area contributed by atoms with Crippen LogP contribution in [-0.2, 0) is 17.6 Å². The van der Waals surface area contributed by atoms with Crippen LogP contribution in [0, 0.1) is 11.7 Å². The van der Waals surface area contributed by atoms with Crippen molar-refractivity contribution in [2.75, 3.05) is 26.2 Å². The van der Waals surface area contributed by atoms with Crippen LogP contribution in [0.25, 0.3) is 0 Å². The zero-order chi connectivity index (χ0) is 24.1. The van der Waals surface area contributed by atoms with Crippen molar-refractivity contribution in [3.05, 3.63) is 64.4 Å². The maximum absolute atomic E-state index is 13.7. The van der Waals surface area contributed by atoms with Gasteiger partial charge in [-0.15, -0.1) is 0 Å². The van der Waals surface area contributed by atoms with Crippen molar-refractivity contribution in [3.8, 4) is 5.75 Å². The fraction of sp³-hybridized carbons (Fsp3) is 0.480. The highest BCUT2D eigenvalue weighted by molar-refractivity contribution is 6.30. The molecule has 2 aromatic carbocycles. The Morgan fingerprint density at radius 1 is 1.33 bits per heavy atom. The third kappa shape index (κ3) is 7.14. The lowest BCUT2D eigenvalue weighted by molar-refractivity contribution is -0.136. The molecular formula is C25H32ClFN2O4. The van der Waals surface area contributed by atoms with Crippen LogP contribution in [0.15, 0.2) is 42.5 Å². The van der Waals surface area contributed by atoms with Gasteiger partial charge in [0.25, 0.3) is 0 Å². The number of hydrogen-bond donors (Lipinski definition) is 4. The Morgan fingerprint density at radius 3 is 2.73 bits per heavy atom. The van der Waals surface area contributed by atoms with E-state index in [2.05, 4.69) is 17.6 Å². The molecule has 8 heteroatoms. The molecule has 0 amide bonds. The highest BCUT2D eigenvalue weighted by Crippen LogP contribution is 2.30. The Kier molecular flexibility index (Phi) is 8.34. The molecule has 0 radical (unpaired) electrons. The van der Waals surface area contributed by atoms with Gasteiger partial charge in [0.2, 0.25) is 0 Å². The number of β-amino-alcohol motifs (C(OH)–C–C–N with tert-alkyl or cyclic N) is 1. The summed E-state index contributed by atoms with van der Waals surface area (Å²) in [6, 6.07) is 11.6. The third-order valence-electron chi connectivity index (χ3n) is 6.31. The van der Waals surface area contributed by atoms with E-state index in [0.29, 0.717) is 16.5 Å². The minimum atomic E-state index is -1.26. The van der Waals surface area contributed by atoms with Crippen LogP contribution in [0.4, 0.5) is 4.39 Å². The van der Waals surface area contributed by atoms with Gasteiger partial charge in [-0.2, -0.15) is 0 Å². The first kappa shape index (κ1) is 25.4. The van der Waals surface area contributed by atoms with E-state index in [-0.39, 0.29) is 30.9 Å². The molecule has 3 rings (SSSR count). The molecule has 2 aromatic rings. The zero-order valence-corrected chi connectivity index (χ0v) is 19.8. The second kappa shape index (κ2) is 10.8. The molecule has 3 atom stereocenters. The van der Waals surface area contributed by atoms with Crippen LogP contribution in [0.3, 0.4) is 0 Å². The zero-order valence-electron chi connectivity index (χ0n) is 19.0. The van der Waals surface area contributed by atoms with Crippen LogP contribution in [-0.4, -0.2) is 53.6 Å². The molecule has 0 aliphatic carbocycles. The first-order valence-electron chi connectivity index (χ1n) is 11.1. The van der Waals surface area contributed by atoms with E-state index < -0.39 is 17.4 Å². The molecule has 0 aromatic heterocycles. The molecule has 180 valence electrons. The highest BCUT2D eigenvalue weighted by atomic mass is 35.5. The largest absolute Gasteiger partial charge is 0.490 e. The Labute approximate surface area is 199 Å².